The molecule has 0 saturated carbocycles. The highest BCUT2D eigenvalue weighted by molar-refractivity contribution is 6.30. The lowest BCUT2D eigenvalue weighted by Crippen LogP contribution is -2.24. The predicted octanol–water partition coefficient (Wildman–Crippen LogP) is 2.26. The van der Waals surface area contributed by atoms with Crippen LogP contribution in [0.3, 0.4) is 0 Å². The summed E-state index contributed by atoms with van der Waals surface area (Å²) in [6.07, 6.45) is 2.43. The van der Waals surface area contributed by atoms with Crippen molar-refractivity contribution in [3.63, 3.8) is 0 Å². The Morgan fingerprint density at radius 2 is 2.00 bits per heavy atom. The minimum atomic E-state index is -0.375. The molecule has 0 spiro atoms. The summed E-state index contributed by atoms with van der Waals surface area (Å²) in [6, 6.07) is 1.28. The molecule has 1 heterocycles. The first-order chi connectivity index (χ1) is 7.50. The van der Waals surface area contributed by atoms with Gasteiger partial charge in [0.1, 0.15) is 0 Å². The highest BCUT2D eigenvalue weighted by Gasteiger charge is 2.09. The molecule has 0 fully saturated rings. The number of hydrogen-bond acceptors (Lipinski definition) is 3. The highest BCUT2D eigenvalue weighted by Crippen LogP contribution is 2.18. The molecule has 90 valence electrons. The van der Waals surface area contributed by atoms with Gasteiger partial charge in [-0.15, -0.1) is 0 Å². The van der Waals surface area contributed by atoms with Crippen LogP contribution in [0.5, 0.6) is 0 Å². The summed E-state index contributed by atoms with van der Waals surface area (Å²) in [5.74, 6) is -0.0250. The van der Waals surface area contributed by atoms with Gasteiger partial charge in [0.05, 0.1) is 5.02 Å². The molecule has 0 radical (unpaired) electrons. The Kier molecular flexibility index (Phi) is 4.96. The smallest absolute Gasteiger partial charge is 0.167 e. The Morgan fingerprint density at radius 1 is 1.31 bits per heavy atom. The maximum atomic E-state index is 13.5. The van der Waals surface area contributed by atoms with Crippen LogP contribution in [-0.4, -0.2) is 44.1 Å². The minimum Gasteiger partial charge on any atom is -0.357 e. The molecule has 0 aliphatic carbocycles. The van der Waals surface area contributed by atoms with Gasteiger partial charge in [0.2, 0.25) is 0 Å². The summed E-state index contributed by atoms with van der Waals surface area (Å²) in [5, 5.41) is 0.322. The molecule has 0 aromatic carbocycles. The van der Waals surface area contributed by atoms with Gasteiger partial charge in [-0.1, -0.05) is 11.6 Å². The van der Waals surface area contributed by atoms with E-state index in [0.29, 0.717) is 10.8 Å². The number of pyridine rings is 1. The fraction of sp³-hybridized carbons (Fsp3) is 0.545. The van der Waals surface area contributed by atoms with Crippen LogP contribution in [0.4, 0.5) is 10.2 Å². The van der Waals surface area contributed by atoms with Crippen LogP contribution >= 0.6 is 11.6 Å². The maximum absolute atomic E-state index is 13.5. The van der Waals surface area contributed by atoms with Crippen molar-refractivity contribution in [2.45, 2.75) is 6.42 Å². The third kappa shape index (κ3) is 3.94. The monoisotopic (exact) mass is 245 g/mol. The largest absolute Gasteiger partial charge is 0.357 e. The van der Waals surface area contributed by atoms with Crippen LogP contribution < -0.4 is 4.90 Å². The summed E-state index contributed by atoms with van der Waals surface area (Å²) >= 11 is 5.64. The van der Waals surface area contributed by atoms with Gasteiger partial charge >= 0.3 is 0 Å². The first-order valence-electron chi connectivity index (χ1n) is 5.17. The van der Waals surface area contributed by atoms with Crippen molar-refractivity contribution in [1.82, 2.24) is 9.88 Å². The van der Waals surface area contributed by atoms with Gasteiger partial charge in [-0.3, -0.25) is 0 Å². The fourth-order valence-electron chi connectivity index (χ4n) is 1.42. The zero-order valence-electron chi connectivity index (χ0n) is 9.87. The number of nitrogens with zero attached hydrogens (tertiary/aromatic N) is 3. The zero-order chi connectivity index (χ0) is 12.1. The number of rotatable bonds is 5. The number of aromatic nitrogens is 1. The molecule has 16 heavy (non-hydrogen) atoms. The van der Waals surface area contributed by atoms with Gasteiger partial charge in [-0.25, -0.2) is 9.37 Å². The summed E-state index contributed by atoms with van der Waals surface area (Å²) in [6.45, 7) is 1.74. The molecule has 1 rings (SSSR count). The van der Waals surface area contributed by atoms with E-state index in [4.69, 9.17) is 11.6 Å². The van der Waals surface area contributed by atoms with Crippen LogP contribution in [0.2, 0.25) is 5.02 Å². The van der Waals surface area contributed by atoms with E-state index in [9.17, 15) is 4.39 Å². The van der Waals surface area contributed by atoms with E-state index in [0.717, 1.165) is 19.5 Å². The van der Waals surface area contributed by atoms with Crippen molar-refractivity contribution in [3.8, 4) is 0 Å². The number of anilines is 1. The highest BCUT2D eigenvalue weighted by atomic mass is 35.5. The van der Waals surface area contributed by atoms with Gasteiger partial charge in [0.25, 0.3) is 0 Å². The van der Waals surface area contributed by atoms with E-state index in [1.807, 2.05) is 21.1 Å². The van der Waals surface area contributed by atoms with Crippen molar-refractivity contribution in [2.75, 3.05) is 39.1 Å². The summed E-state index contributed by atoms with van der Waals surface area (Å²) in [7, 11) is 5.86. The Bertz CT molecular complexity index is 344. The Morgan fingerprint density at radius 3 is 2.56 bits per heavy atom. The predicted molar refractivity (Wildman–Crippen MR) is 65.6 cm³/mol. The molecule has 0 N–H and O–H groups in total. The molecule has 0 atom stereocenters. The van der Waals surface area contributed by atoms with Crippen LogP contribution in [0, 0.1) is 5.82 Å². The van der Waals surface area contributed by atoms with Crippen LogP contribution in [0.25, 0.3) is 0 Å². The molecular formula is C11H17ClFN3. The van der Waals surface area contributed by atoms with Crippen LogP contribution in [0.1, 0.15) is 6.42 Å². The van der Waals surface area contributed by atoms with Crippen molar-refractivity contribution in [2.24, 2.45) is 0 Å². The van der Waals surface area contributed by atoms with Gasteiger partial charge in [0.15, 0.2) is 11.6 Å². The maximum Gasteiger partial charge on any atom is 0.167 e. The quantitative estimate of drug-likeness (QED) is 0.793. The first kappa shape index (κ1) is 13.2. The number of halogens is 2. The lowest BCUT2D eigenvalue weighted by molar-refractivity contribution is 0.401. The van der Waals surface area contributed by atoms with E-state index in [-0.39, 0.29) is 5.82 Å². The summed E-state index contributed by atoms with van der Waals surface area (Å²) < 4.78 is 13.5. The Hall–Kier alpha value is -0.870. The lowest BCUT2D eigenvalue weighted by atomic mass is 10.3. The fourth-order valence-corrected chi connectivity index (χ4v) is 1.56. The third-order valence-electron chi connectivity index (χ3n) is 2.25. The van der Waals surface area contributed by atoms with Crippen LogP contribution in [0.15, 0.2) is 12.3 Å². The zero-order valence-corrected chi connectivity index (χ0v) is 10.6. The van der Waals surface area contributed by atoms with Gasteiger partial charge in [0, 0.05) is 19.8 Å². The molecular weight excluding hydrogens is 229 g/mol. The standard InChI is InChI=1S/C11H17ClFN3/c1-15(2)5-4-6-16(3)11-10(13)7-9(12)8-14-11/h7-8H,4-6H2,1-3H3. The molecule has 3 nitrogen and oxygen atoms in total. The first-order valence-corrected chi connectivity index (χ1v) is 5.55. The number of hydrogen-bond donors (Lipinski definition) is 0. The Balaban J connectivity index is 2.55. The SMILES string of the molecule is CN(C)CCCN(C)c1ncc(Cl)cc1F. The van der Waals surface area contributed by atoms with E-state index in [1.54, 1.807) is 4.90 Å². The van der Waals surface area contributed by atoms with Crippen molar-refractivity contribution < 1.29 is 4.39 Å². The van der Waals surface area contributed by atoms with Gasteiger partial charge in [-0.05, 0) is 33.1 Å². The molecule has 0 aliphatic rings. The summed E-state index contributed by atoms with van der Waals surface area (Å²) in [4.78, 5) is 7.88. The van der Waals surface area contributed by atoms with Crippen LogP contribution in [-0.2, 0) is 0 Å². The van der Waals surface area contributed by atoms with E-state index >= 15 is 0 Å². The molecule has 1 aromatic heterocycles. The average Bonchev–Trinajstić information content (AvgIpc) is 2.16. The molecule has 0 amide bonds. The van der Waals surface area contributed by atoms with Gasteiger partial charge < -0.3 is 9.80 Å². The molecule has 0 aliphatic heterocycles. The third-order valence-corrected chi connectivity index (χ3v) is 2.46. The van der Waals surface area contributed by atoms with E-state index in [1.165, 1.54) is 12.3 Å². The topological polar surface area (TPSA) is 19.4 Å². The van der Waals surface area contributed by atoms with Crippen molar-refractivity contribution >= 4 is 17.4 Å². The molecule has 0 bridgehead atoms. The lowest BCUT2D eigenvalue weighted by Gasteiger charge is -2.19. The molecule has 5 heteroatoms. The second-order valence-electron chi connectivity index (χ2n) is 4.04. The molecule has 0 unspecified atom stereocenters. The summed E-state index contributed by atoms with van der Waals surface area (Å²) in [5.41, 5.74) is 0. The average molecular weight is 246 g/mol. The van der Waals surface area contributed by atoms with Crippen molar-refractivity contribution in [1.29, 1.82) is 0 Å². The van der Waals surface area contributed by atoms with E-state index < -0.39 is 0 Å². The molecule has 0 saturated heterocycles. The minimum absolute atomic E-state index is 0.322. The van der Waals surface area contributed by atoms with E-state index in [2.05, 4.69) is 9.88 Å². The normalized spacial score (nSPS) is 10.9. The second-order valence-corrected chi connectivity index (χ2v) is 4.47. The van der Waals surface area contributed by atoms with Gasteiger partial charge in [-0.2, -0.15) is 0 Å². The van der Waals surface area contributed by atoms with Crippen molar-refractivity contribution in [3.05, 3.63) is 23.1 Å². The second kappa shape index (κ2) is 6.01. The Labute approximate surface area is 101 Å². The molecule has 1 aromatic rings.